The molecule has 2 heteroatoms. The first-order chi connectivity index (χ1) is 6.22. The molecule has 1 rings (SSSR count). The monoisotopic (exact) mass is 191 g/mol. The molecule has 0 saturated heterocycles. The molecule has 0 aliphatic carbocycles. The quantitative estimate of drug-likeness (QED) is 0.541. The highest BCUT2D eigenvalue weighted by Gasteiger charge is 2.03. The lowest BCUT2D eigenvalue weighted by Gasteiger charge is -2.08. The summed E-state index contributed by atoms with van der Waals surface area (Å²) < 4.78 is 0. The molecule has 1 aromatic carbocycles. The van der Waals surface area contributed by atoms with Gasteiger partial charge in [-0.3, -0.25) is 0 Å². The van der Waals surface area contributed by atoms with Crippen LogP contribution in [0.5, 0.6) is 0 Å². The molecule has 2 N–H and O–H groups in total. The topological polar surface area (TPSA) is 26.0 Å². The lowest BCUT2D eigenvalue weighted by molar-refractivity contribution is 1.06. The van der Waals surface area contributed by atoms with Crippen molar-refractivity contribution in [3.8, 4) is 12.3 Å². The zero-order valence-corrected chi connectivity index (χ0v) is 8.57. The molecule has 68 valence electrons. The lowest BCUT2D eigenvalue weighted by atomic mass is 10.00. The summed E-state index contributed by atoms with van der Waals surface area (Å²) >= 11 is 4.24. The minimum atomic E-state index is 0.524. The van der Waals surface area contributed by atoms with Gasteiger partial charge in [0.15, 0.2) is 0 Å². The van der Waals surface area contributed by atoms with Crippen LogP contribution in [0.4, 0.5) is 0 Å². The fourth-order valence-corrected chi connectivity index (χ4v) is 1.60. The van der Waals surface area contributed by atoms with Gasteiger partial charge in [0.1, 0.15) is 0 Å². The van der Waals surface area contributed by atoms with E-state index in [1.54, 1.807) is 0 Å². The Morgan fingerprint density at radius 1 is 1.54 bits per heavy atom. The molecular formula is C11H13NS. The van der Waals surface area contributed by atoms with Crippen LogP contribution >= 0.6 is 12.6 Å². The molecule has 0 spiro atoms. The summed E-state index contributed by atoms with van der Waals surface area (Å²) in [4.78, 5) is 0. The number of thiol groups is 1. The highest BCUT2D eigenvalue weighted by atomic mass is 32.1. The first-order valence-electron chi connectivity index (χ1n) is 4.12. The first kappa shape index (κ1) is 10.2. The number of hydrogen-bond donors (Lipinski definition) is 2. The van der Waals surface area contributed by atoms with Crippen molar-refractivity contribution < 1.29 is 0 Å². The summed E-state index contributed by atoms with van der Waals surface area (Å²) in [6, 6.07) is 4.02. The predicted molar refractivity (Wildman–Crippen MR) is 59.7 cm³/mol. The van der Waals surface area contributed by atoms with Gasteiger partial charge in [0.05, 0.1) is 0 Å². The molecule has 0 atom stereocenters. The molecule has 0 unspecified atom stereocenters. The van der Waals surface area contributed by atoms with E-state index in [4.69, 9.17) is 12.2 Å². The van der Waals surface area contributed by atoms with E-state index >= 15 is 0 Å². The van der Waals surface area contributed by atoms with E-state index in [0.717, 1.165) is 16.7 Å². The van der Waals surface area contributed by atoms with Crippen LogP contribution in [0.15, 0.2) is 12.1 Å². The summed E-state index contributed by atoms with van der Waals surface area (Å²) in [7, 11) is 0. The molecule has 1 nitrogen and oxygen atoms in total. The molecule has 1 aromatic rings. The minimum absolute atomic E-state index is 0.524. The van der Waals surface area contributed by atoms with Gasteiger partial charge >= 0.3 is 0 Å². The van der Waals surface area contributed by atoms with Crippen molar-refractivity contribution in [1.82, 2.24) is 0 Å². The summed E-state index contributed by atoms with van der Waals surface area (Å²) in [5.74, 6) is 3.36. The fraction of sp³-hybridized carbons (Fsp3) is 0.273. The fourth-order valence-electron chi connectivity index (χ4n) is 1.27. The second-order valence-corrected chi connectivity index (χ2v) is 3.25. The van der Waals surface area contributed by atoms with E-state index in [1.807, 2.05) is 13.0 Å². The molecule has 0 aliphatic heterocycles. The molecule has 0 heterocycles. The average molecular weight is 191 g/mol. The Balaban J connectivity index is 3.31. The van der Waals surface area contributed by atoms with Crippen LogP contribution in [0.2, 0.25) is 0 Å². The Morgan fingerprint density at radius 2 is 2.23 bits per heavy atom. The van der Waals surface area contributed by atoms with Gasteiger partial charge in [0.25, 0.3) is 0 Å². The Hall–Kier alpha value is -0.910. The Kier molecular flexibility index (Phi) is 3.41. The molecule has 0 aromatic heterocycles. The Labute approximate surface area is 84.8 Å². The highest BCUT2D eigenvalue weighted by molar-refractivity contribution is 7.79. The molecule has 0 aliphatic rings. The van der Waals surface area contributed by atoms with Crippen LogP contribution in [-0.2, 0) is 12.3 Å². The summed E-state index contributed by atoms with van der Waals surface area (Å²) in [6.07, 6.45) is 5.38. The SMILES string of the molecule is C#Cc1cc(CN)cc(CS)c1C. The van der Waals surface area contributed by atoms with Crippen molar-refractivity contribution in [2.45, 2.75) is 19.2 Å². The van der Waals surface area contributed by atoms with Gasteiger partial charge in [0.2, 0.25) is 0 Å². The molecule has 13 heavy (non-hydrogen) atoms. The Morgan fingerprint density at radius 3 is 2.69 bits per heavy atom. The van der Waals surface area contributed by atoms with Crippen LogP contribution in [-0.4, -0.2) is 0 Å². The normalized spacial score (nSPS) is 9.69. The molecule has 0 radical (unpaired) electrons. The van der Waals surface area contributed by atoms with Gasteiger partial charge < -0.3 is 5.73 Å². The summed E-state index contributed by atoms with van der Waals surface area (Å²) in [6.45, 7) is 2.54. The first-order valence-corrected chi connectivity index (χ1v) is 4.76. The van der Waals surface area contributed by atoms with Crippen LogP contribution in [0.25, 0.3) is 0 Å². The summed E-state index contributed by atoms with van der Waals surface area (Å²) in [5.41, 5.74) is 9.85. The zero-order valence-electron chi connectivity index (χ0n) is 7.67. The van der Waals surface area contributed by atoms with Crippen LogP contribution in [0.3, 0.4) is 0 Å². The lowest BCUT2D eigenvalue weighted by Crippen LogP contribution is -2.00. The van der Waals surface area contributed by atoms with Gasteiger partial charge in [-0.05, 0) is 29.7 Å². The van der Waals surface area contributed by atoms with E-state index in [9.17, 15) is 0 Å². The minimum Gasteiger partial charge on any atom is -0.326 e. The number of benzene rings is 1. The second kappa shape index (κ2) is 4.36. The third kappa shape index (κ3) is 2.06. The van der Waals surface area contributed by atoms with E-state index < -0.39 is 0 Å². The van der Waals surface area contributed by atoms with E-state index in [-0.39, 0.29) is 0 Å². The average Bonchev–Trinajstić information content (AvgIpc) is 2.18. The largest absolute Gasteiger partial charge is 0.326 e. The van der Waals surface area contributed by atoms with Crippen molar-refractivity contribution in [3.05, 3.63) is 34.4 Å². The van der Waals surface area contributed by atoms with Crippen LogP contribution < -0.4 is 5.73 Å². The van der Waals surface area contributed by atoms with Crippen molar-refractivity contribution in [3.63, 3.8) is 0 Å². The number of nitrogens with two attached hydrogens (primary N) is 1. The third-order valence-corrected chi connectivity index (χ3v) is 2.48. The molecule has 0 fully saturated rings. The predicted octanol–water partition coefficient (Wildman–Crippen LogP) is 1.86. The van der Waals surface area contributed by atoms with Gasteiger partial charge in [0, 0.05) is 17.9 Å². The Bertz CT molecular complexity index is 350. The van der Waals surface area contributed by atoms with E-state index in [0.29, 0.717) is 12.3 Å². The zero-order chi connectivity index (χ0) is 9.84. The van der Waals surface area contributed by atoms with Gasteiger partial charge in [-0.25, -0.2) is 0 Å². The highest BCUT2D eigenvalue weighted by Crippen LogP contribution is 2.17. The smallest absolute Gasteiger partial charge is 0.0278 e. The molecular weight excluding hydrogens is 178 g/mol. The van der Waals surface area contributed by atoms with E-state index in [1.165, 1.54) is 5.56 Å². The van der Waals surface area contributed by atoms with Crippen molar-refractivity contribution >= 4 is 12.6 Å². The standard InChI is InChI=1S/C11H13NS/c1-3-10-4-9(6-12)5-11(7-13)8(10)2/h1,4-5,13H,6-7,12H2,2H3. The summed E-state index contributed by atoms with van der Waals surface area (Å²) in [5, 5.41) is 0. The van der Waals surface area contributed by atoms with Gasteiger partial charge in [-0.2, -0.15) is 12.6 Å². The van der Waals surface area contributed by atoms with Crippen molar-refractivity contribution in [1.29, 1.82) is 0 Å². The maximum absolute atomic E-state index is 5.55. The van der Waals surface area contributed by atoms with Crippen molar-refractivity contribution in [2.24, 2.45) is 5.73 Å². The van der Waals surface area contributed by atoms with Gasteiger partial charge in [-0.15, -0.1) is 6.42 Å². The van der Waals surface area contributed by atoms with Crippen LogP contribution in [0, 0.1) is 19.3 Å². The van der Waals surface area contributed by atoms with Gasteiger partial charge in [-0.1, -0.05) is 12.0 Å². The van der Waals surface area contributed by atoms with E-state index in [2.05, 4.69) is 24.6 Å². The molecule has 0 amide bonds. The maximum Gasteiger partial charge on any atom is 0.0278 e. The second-order valence-electron chi connectivity index (χ2n) is 2.93. The number of terminal acetylenes is 1. The molecule has 0 bridgehead atoms. The third-order valence-electron chi connectivity index (χ3n) is 2.14. The molecule has 0 saturated carbocycles. The number of rotatable bonds is 2. The van der Waals surface area contributed by atoms with Crippen LogP contribution in [0.1, 0.15) is 22.3 Å². The maximum atomic E-state index is 5.55. The number of hydrogen-bond acceptors (Lipinski definition) is 2. The van der Waals surface area contributed by atoms with Crippen molar-refractivity contribution in [2.75, 3.05) is 0 Å².